The summed E-state index contributed by atoms with van der Waals surface area (Å²) in [5, 5.41) is 9.66. The number of ether oxygens (including phenoxy) is 1. The fourth-order valence-electron chi connectivity index (χ4n) is 3.07. The molecule has 0 N–H and O–H groups in total. The molecular formula is C24H21FN2O3S. The van der Waals surface area contributed by atoms with Gasteiger partial charge in [0.1, 0.15) is 17.4 Å². The maximum absolute atomic E-state index is 13.5. The van der Waals surface area contributed by atoms with Gasteiger partial charge in [-0.05, 0) is 67.4 Å². The van der Waals surface area contributed by atoms with Crippen molar-refractivity contribution in [2.45, 2.75) is 25.2 Å². The Labute approximate surface area is 181 Å². The van der Waals surface area contributed by atoms with Gasteiger partial charge in [0.25, 0.3) is 0 Å². The predicted octanol–water partition coefficient (Wildman–Crippen LogP) is 5.52. The van der Waals surface area contributed by atoms with E-state index in [9.17, 15) is 18.1 Å². The molecule has 0 saturated carbocycles. The zero-order chi connectivity index (χ0) is 22.6. The molecule has 1 aromatic heterocycles. The Hall–Kier alpha value is -3.50. The summed E-state index contributed by atoms with van der Waals surface area (Å²) in [7, 11) is -3.34. The minimum atomic E-state index is -3.34. The highest BCUT2D eigenvalue weighted by molar-refractivity contribution is 7.90. The molecule has 3 rings (SSSR count). The van der Waals surface area contributed by atoms with E-state index < -0.39 is 9.84 Å². The zero-order valence-corrected chi connectivity index (χ0v) is 18.2. The van der Waals surface area contributed by atoms with Crippen LogP contribution in [0.4, 0.5) is 4.39 Å². The third kappa shape index (κ3) is 5.16. The largest absolute Gasteiger partial charge is 0.443 e. The quantitative estimate of drug-likeness (QED) is 0.475. The van der Waals surface area contributed by atoms with Gasteiger partial charge in [-0.2, -0.15) is 5.26 Å². The second kappa shape index (κ2) is 9.11. The Kier molecular flexibility index (Phi) is 6.52. The number of aromatic nitrogens is 1. The molecule has 1 heterocycles. The number of nitriles is 1. The van der Waals surface area contributed by atoms with E-state index in [0.717, 1.165) is 12.7 Å². The lowest BCUT2D eigenvalue weighted by Gasteiger charge is -2.14. The molecule has 158 valence electrons. The van der Waals surface area contributed by atoms with Gasteiger partial charge in [0.05, 0.1) is 16.3 Å². The number of sulfone groups is 1. The van der Waals surface area contributed by atoms with Crippen molar-refractivity contribution < 1.29 is 17.5 Å². The normalized spacial score (nSPS) is 11.8. The van der Waals surface area contributed by atoms with Crippen molar-refractivity contribution in [2.24, 2.45) is 0 Å². The molecule has 0 aliphatic heterocycles. The zero-order valence-electron chi connectivity index (χ0n) is 17.4. The first kappa shape index (κ1) is 22.2. The van der Waals surface area contributed by atoms with Crippen LogP contribution in [0.15, 0.2) is 71.3 Å². The van der Waals surface area contributed by atoms with E-state index in [1.165, 1.54) is 24.3 Å². The van der Waals surface area contributed by atoms with Crippen molar-refractivity contribution in [3.63, 3.8) is 0 Å². The second-order valence-corrected chi connectivity index (χ2v) is 8.99. The van der Waals surface area contributed by atoms with E-state index in [4.69, 9.17) is 4.74 Å². The summed E-state index contributed by atoms with van der Waals surface area (Å²) in [6.07, 6.45) is 3.78. The molecule has 0 spiro atoms. The van der Waals surface area contributed by atoms with Crippen LogP contribution in [-0.2, 0) is 9.84 Å². The maximum Gasteiger partial charge on any atom is 0.237 e. The molecule has 0 saturated heterocycles. The number of allylic oxidation sites excluding steroid dienone is 2. The van der Waals surface area contributed by atoms with E-state index in [2.05, 4.69) is 11.1 Å². The minimum Gasteiger partial charge on any atom is -0.443 e. The van der Waals surface area contributed by atoms with E-state index in [-0.39, 0.29) is 22.2 Å². The van der Waals surface area contributed by atoms with Gasteiger partial charge in [-0.1, -0.05) is 19.1 Å². The molecule has 0 fully saturated rings. The summed E-state index contributed by atoms with van der Waals surface area (Å²) >= 11 is 0. The van der Waals surface area contributed by atoms with Crippen LogP contribution in [0.1, 0.15) is 25.8 Å². The average molecular weight is 437 g/mol. The molecule has 0 bridgehead atoms. The van der Waals surface area contributed by atoms with Crippen molar-refractivity contribution in [3.05, 3.63) is 77.8 Å². The molecule has 5 nitrogen and oxygen atoms in total. The molecule has 0 amide bonds. The molecule has 0 radical (unpaired) electrons. The van der Waals surface area contributed by atoms with E-state index in [1.807, 2.05) is 13.0 Å². The molecular weight excluding hydrogens is 415 g/mol. The fraction of sp³-hybridized carbons (Fsp3) is 0.167. The van der Waals surface area contributed by atoms with Crippen molar-refractivity contribution in [3.8, 4) is 34.3 Å². The topological polar surface area (TPSA) is 80.0 Å². The maximum atomic E-state index is 13.5. The number of pyridine rings is 1. The van der Waals surface area contributed by atoms with Gasteiger partial charge in [0.15, 0.2) is 9.84 Å². The van der Waals surface area contributed by atoms with Crippen molar-refractivity contribution >= 4 is 9.84 Å². The Morgan fingerprint density at radius 2 is 1.74 bits per heavy atom. The number of halogens is 1. The van der Waals surface area contributed by atoms with E-state index in [1.54, 1.807) is 37.3 Å². The first-order chi connectivity index (χ1) is 14.7. The molecule has 0 aliphatic carbocycles. The van der Waals surface area contributed by atoms with Gasteiger partial charge in [0.2, 0.25) is 5.88 Å². The van der Waals surface area contributed by atoms with Crippen LogP contribution in [0.3, 0.4) is 0 Å². The van der Waals surface area contributed by atoms with Crippen LogP contribution in [0.25, 0.3) is 22.4 Å². The number of benzene rings is 2. The molecule has 0 unspecified atom stereocenters. The highest BCUT2D eigenvalue weighted by Gasteiger charge is 2.17. The van der Waals surface area contributed by atoms with Gasteiger partial charge in [-0.15, -0.1) is 0 Å². The lowest BCUT2D eigenvalue weighted by atomic mass is 9.98. The lowest BCUT2D eigenvalue weighted by molar-refractivity contribution is 0.408. The summed E-state index contributed by atoms with van der Waals surface area (Å²) in [4.78, 5) is 4.78. The molecule has 31 heavy (non-hydrogen) atoms. The van der Waals surface area contributed by atoms with Crippen LogP contribution < -0.4 is 4.74 Å². The second-order valence-electron chi connectivity index (χ2n) is 6.98. The van der Waals surface area contributed by atoms with Gasteiger partial charge in [0, 0.05) is 17.4 Å². The molecule has 0 atom stereocenters. The Balaban J connectivity index is 2.22. The standard InChI is InChI=1S/C24H21FN2O3S/c1-4-5-16(2)30-24-19(15-26)14-22(17-8-12-21(13-9-17)31(3,28)29)23(27-24)18-6-10-20(25)11-7-18/h5-14H,4H2,1-3H3. The van der Waals surface area contributed by atoms with Crippen molar-refractivity contribution in [2.75, 3.05) is 6.26 Å². The Morgan fingerprint density at radius 1 is 1.13 bits per heavy atom. The third-order valence-corrected chi connectivity index (χ3v) is 5.70. The first-order valence-electron chi connectivity index (χ1n) is 9.59. The SMILES string of the molecule is CCC=C(C)Oc1nc(-c2ccc(F)cc2)c(-c2ccc(S(C)(=O)=O)cc2)cc1C#N. The summed E-state index contributed by atoms with van der Waals surface area (Å²) in [5.74, 6) is 0.386. The predicted molar refractivity (Wildman–Crippen MR) is 118 cm³/mol. The van der Waals surface area contributed by atoms with Crippen molar-refractivity contribution in [1.29, 1.82) is 5.26 Å². The van der Waals surface area contributed by atoms with Crippen LogP contribution >= 0.6 is 0 Å². The van der Waals surface area contributed by atoms with Crippen LogP contribution in [-0.4, -0.2) is 19.7 Å². The first-order valence-corrected chi connectivity index (χ1v) is 11.5. The molecule has 3 aromatic rings. The van der Waals surface area contributed by atoms with Gasteiger partial charge in [-0.3, -0.25) is 0 Å². The number of nitrogens with zero attached hydrogens (tertiary/aromatic N) is 2. The highest BCUT2D eigenvalue weighted by Crippen LogP contribution is 2.35. The van der Waals surface area contributed by atoms with Crippen LogP contribution in [0.5, 0.6) is 5.88 Å². The van der Waals surface area contributed by atoms with Gasteiger partial charge < -0.3 is 4.74 Å². The summed E-state index contributed by atoms with van der Waals surface area (Å²) in [6.45, 7) is 3.75. The van der Waals surface area contributed by atoms with Gasteiger partial charge in [-0.25, -0.2) is 17.8 Å². The van der Waals surface area contributed by atoms with E-state index >= 15 is 0 Å². The molecule has 7 heteroatoms. The van der Waals surface area contributed by atoms with Crippen LogP contribution in [0, 0.1) is 17.1 Å². The number of hydrogen-bond donors (Lipinski definition) is 0. The monoisotopic (exact) mass is 436 g/mol. The fourth-order valence-corrected chi connectivity index (χ4v) is 3.70. The lowest BCUT2D eigenvalue weighted by Crippen LogP contribution is -2.01. The molecule has 2 aromatic carbocycles. The van der Waals surface area contributed by atoms with E-state index in [0.29, 0.717) is 28.1 Å². The number of hydrogen-bond acceptors (Lipinski definition) is 5. The van der Waals surface area contributed by atoms with Crippen molar-refractivity contribution in [1.82, 2.24) is 4.98 Å². The third-order valence-electron chi connectivity index (χ3n) is 4.57. The summed E-state index contributed by atoms with van der Waals surface area (Å²) in [6, 6.07) is 15.9. The summed E-state index contributed by atoms with van der Waals surface area (Å²) in [5.41, 5.74) is 2.63. The minimum absolute atomic E-state index is 0.153. The van der Waals surface area contributed by atoms with Gasteiger partial charge >= 0.3 is 0 Å². The average Bonchev–Trinajstić information content (AvgIpc) is 2.74. The number of rotatable bonds is 6. The highest BCUT2D eigenvalue weighted by atomic mass is 32.2. The molecule has 0 aliphatic rings. The smallest absolute Gasteiger partial charge is 0.237 e. The van der Waals surface area contributed by atoms with Crippen LogP contribution in [0.2, 0.25) is 0 Å². The summed E-state index contributed by atoms with van der Waals surface area (Å²) < 4.78 is 42.9. The Bertz CT molecular complexity index is 1270. The Morgan fingerprint density at radius 3 is 2.29 bits per heavy atom.